The van der Waals surface area contributed by atoms with E-state index in [9.17, 15) is 9.59 Å². The molecule has 0 spiro atoms. The largest absolute Gasteiger partial charge is 0.465 e. The van der Waals surface area contributed by atoms with Crippen molar-refractivity contribution in [3.63, 3.8) is 0 Å². The fourth-order valence-electron chi connectivity index (χ4n) is 3.30. The van der Waals surface area contributed by atoms with Gasteiger partial charge < -0.3 is 9.47 Å². The molecule has 0 aliphatic rings. The Morgan fingerprint density at radius 2 is 1.00 bits per heavy atom. The Morgan fingerprint density at radius 3 is 1.28 bits per heavy atom. The lowest BCUT2D eigenvalue weighted by Crippen LogP contribution is -2.36. The topological polar surface area (TPSA) is 71.1 Å². The quantitative estimate of drug-likeness (QED) is 0.120. The Labute approximate surface area is 197 Å². The molecular weight excluding hydrogens is 408 g/mol. The molecule has 190 valence electrons. The van der Waals surface area contributed by atoms with Crippen LogP contribution in [0.1, 0.15) is 120 Å². The molecule has 0 rings (SSSR count). The van der Waals surface area contributed by atoms with E-state index in [2.05, 4.69) is 27.7 Å². The zero-order chi connectivity index (χ0) is 24.6. The van der Waals surface area contributed by atoms with Gasteiger partial charge >= 0.3 is 11.9 Å². The van der Waals surface area contributed by atoms with Crippen LogP contribution in [0.4, 0.5) is 0 Å². The van der Waals surface area contributed by atoms with Crippen LogP contribution in [0.2, 0.25) is 0 Å². The van der Waals surface area contributed by atoms with Gasteiger partial charge in [0.15, 0.2) is 0 Å². The van der Waals surface area contributed by atoms with Crippen LogP contribution >= 0.6 is 0 Å². The van der Waals surface area contributed by atoms with Gasteiger partial charge in [-0.05, 0) is 52.4 Å². The monoisotopic (exact) mass is 458 g/mol. The summed E-state index contributed by atoms with van der Waals surface area (Å²) in [6.45, 7) is 16.6. The Kier molecular flexibility index (Phi) is 15.9. The number of carbonyl (C=O) groups excluding carboxylic acids is 2. The number of esters is 2. The second-order valence-corrected chi connectivity index (χ2v) is 10.2. The Bertz CT molecular complexity index is 468. The van der Waals surface area contributed by atoms with Crippen molar-refractivity contribution in [2.75, 3.05) is 13.2 Å². The van der Waals surface area contributed by atoms with Crippen LogP contribution in [0.15, 0.2) is 0 Å². The molecule has 32 heavy (non-hydrogen) atoms. The van der Waals surface area contributed by atoms with Gasteiger partial charge in [-0.3, -0.25) is 9.59 Å². The zero-order valence-electron chi connectivity index (χ0n) is 22.1. The first-order valence-corrected chi connectivity index (χ1v) is 12.7. The van der Waals surface area contributed by atoms with E-state index in [0.717, 1.165) is 51.4 Å². The molecule has 0 aliphatic carbocycles. The number of carbonyl (C=O) groups is 2. The number of rotatable bonds is 19. The third-order valence-electron chi connectivity index (χ3n) is 5.68. The fourth-order valence-corrected chi connectivity index (χ4v) is 3.30. The van der Waals surface area contributed by atoms with Crippen molar-refractivity contribution >= 4 is 11.9 Å². The van der Waals surface area contributed by atoms with E-state index in [1.807, 2.05) is 0 Å². The highest BCUT2D eigenvalue weighted by atomic mass is 17.2. The molecule has 0 fully saturated rings. The first-order chi connectivity index (χ1) is 15.0. The normalized spacial score (nSPS) is 14.1. The Hall–Kier alpha value is -1.14. The summed E-state index contributed by atoms with van der Waals surface area (Å²) in [4.78, 5) is 35.7. The molecule has 6 nitrogen and oxygen atoms in total. The Morgan fingerprint density at radius 1 is 0.656 bits per heavy atom. The first-order valence-electron chi connectivity index (χ1n) is 12.7. The van der Waals surface area contributed by atoms with Gasteiger partial charge in [0.2, 0.25) is 0 Å². The number of hydrogen-bond acceptors (Lipinski definition) is 6. The Balaban J connectivity index is 4.40. The van der Waals surface area contributed by atoms with Crippen molar-refractivity contribution in [2.24, 2.45) is 11.8 Å². The molecule has 0 heterocycles. The van der Waals surface area contributed by atoms with Crippen molar-refractivity contribution < 1.29 is 28.8 Å². The van der Waals surface area contributed by atoms with E-state index in [0.29, 0.717) is 25.0 Å². The van der Waals surface area contributed by atoms with E-state index < -0.39 is 11.2 Å². The molecule has 0 saturated heterocycles. The summed E-state index contributed by atoms with van der Waals surface area (Å²) in [7, 11) is 0. The van der Waals surface area contributed by atoms with E-state index in [4.69, 9.17) is 19.2 Å². The van der Waals surface area contributed by atoms with Crippen molar-refractivity contribution in [3.05, 3.63) is 0 Å². The molecule has 0 amide bonds. The van der Waals surface area contributed by atoms with Crippen LogP contribution in [0, 0.1) is 11.8 Å². The molecular formula is C26H50O6. The lowest BCUT2D eigenvalue weighted by atomic mass is 10.0. The van der Waals surface area contributed by atoms with Gasteiger partial charge in [-0.15, -0.1) is 0 Å². The van der Waals surface area contributed by atoms with Gasteiger partial charge in [-0.2, -0.15) is 0 Å². The molecule has 0 aromatic heterocycles. The standard InChI is InChI=1S/C26H50O6/c1-9-13-15-21(11-3)19-29-23(27)17-25(5,6)31-32-26(7,8)18-24(28)30-20-22(12-4)16-14-10-2/h21-22H,9-20H2,1-8H3. The van der Waals surface area contributed by atoms with Gasteiger partial charge in [0.05, 0.1) is 26.1 Å². The van der Waals surface area contributed by atoms with Gasteiger partial charge in [0.25, 0.3) is 0 Å². The first kappa shape index (κ1) is 30.9. The molecule has 0 N–H and O–H groups in total. The molecule has 0 aliphatic heterocycles. The molecule has 0 radical (unpaired) electrons. The average Bonchev–Trinajstić information content (AvgIpc) is 2.72. The van der Waals surface area contributed by atoms with E-state index in [1.54, 1.807) is 27.7 Å². The highest BCUT2D eigenvalue weighted by molar-refractivity contribution is 5.71. The molecule has 6 heteroatoms. The summed E-state index contributed by atoms with van der Waals surface area (Å²) >= 11 is 0. The number of unbranched alkanes of at least 4 members (excludes halogenated alkanes) is 2. The maximum absolute atomic E-state index is 12.3. The second kappa shape index (κ2) is 16.5. The maximum atomic E-state index is 12.3. The van der Waals surface area contributed by atoms with E-state index in [1.165, 1.54) is 0 Å². The molecule has 2 atom stereocenters. The number of hydrogen-bond donors (Lipinski definition) is 0. The molecule has 0 bridgehead atoms. The molecule has 2 unspecified atom stereocenters. The van der Waals surface area contributed by atoms with Crippen LogP contribution in [0.3, 0.4) is 0 Å². The fraction of sp³-hybridized carbons (Fsp3) is 0.923. The van der Waals surface area contributed by atoms with Gasteiger partial charge in [0, 0.05) is 0 Å². The summed E-state index contributed by atoms with van der Waals surface area (Å²) in [5.41, 5.74) is -1.73. The van der Waals surface area contributed by atoms with Crippen molar-refractivity contribution in [1.82, 2.24) is 0 Å². The predicted octanol–water partition coefficient (Wildman–Crippen LogP) is 6.79. The molecule has 0 aromatic rings. The van der Waals surface area contributed by atoms with Gasteiger partial charge in [-0.25, -0.2) is 9.78 Å². The summed E-state index contributed by atoms with van der Waals surface area (Å²) < 4.78 is 10.9. The molecule has 0 aromatic carbocycles. The maximum Gasteiger partial charge on any atom is 0.308 e. The average molecular weight is 459 g/mol. The van der Waals surface area contributed by atoms with Crippen LogP contribution < -0.4 is 0 Å². The van der Waals surface area contributed by atoms with Crippen LogP contribution in [0.25, 0.3) is 0 Å². The van der Waals surface area contributed by atoms with Crippen LogP contribution in [-0.2, 0) is 28.8 Å². The third kappa shape index (κ3) is 15.6. The molecule has 0 saturated carbocycles. The minimum atomic E-state index is -0.864. The van der Waals surface area contributed by atoms with Crippen LogP contribution in [0.5, 0.6) is 0 Å². The van der Waals surface area contributed by atoms with E-state index in [-0.39, 0.29) is 24.8 Å². The summed E-state index contributed by atoms with van der Waals surface area (Å²) in [5, 5.41) is 0. The minimum Gasteiger partial charge on any atom is -0.465 e. The zero-order valence-corrected chi connectivity index (χ0v) is 22.1. The van der Waals surface area contributed by atoms with E-state index >= 15 is 0 Å². The summed E-state index contributed by atoms with van der Waals surface area (Å²) in [6, 6.07) is 0. The summed E-state index contributed by atoms with van der Waals surface area (Å²) in [5.74, 6) is 0.198. The summed E-state index contributed by atoms with van der Waals surface area (Å²) in [6.07, 6.45) is 8.88. The SMILES string of the molecule is CCCCC(CC)COC(=O)CC(C)(C)OOC(C)(C)CC(=O)OCC(CC)CCCC. The van der Waals surface area contributed by atoms with Gasteiger partial charge in [-0.1, -0.05) is 66.2 Å². The van der Waals surface area contributed by atoms with Crippen molar-refractivity contribution in [3.8, 4) is 0 Å². The lowest BCUT2D eigenvalue weighted by molar-refractivity contribution is -0.400. The van der Waals surface area contributed by atoms with Gasteiger partial charge in [0.1, 0.15) is 11.2 Å². The second-order valence-electron chi connectivity index (χ2n) is 10.2. The highest BCUT2D eigenvalue weighted by Crippen LogP contribution is 2.24. The number of ether oxygens (including phenoxy) is 2. The third-order valence-corrected chi connectivity index (χ3v) is 5.68. The predicted molar refractivity (Wildman–Crippen MR) is 128 cm³/mol. The smallest absolute Gasteiger partial charge is 0.308 e. The van der Waals surface area contributed by atoms with Crippen molar-refractivity contribution in [1.29, 1.82) is 0 Å². The lowest BCUT2D eigenvalue weighted by Gasteiger charge is -2.30. The van der Waals surface area contributed by atoms with Crippen molar-refractivity contribution in [2.45, 2.75) is 131 Å². The van der Waals surface area contributed by atoms with Crippen LogP contribution in [-0.4, -0.2) is 36.4 Å². The minimum absolute atomic E-state index is 0.0767. The highest BCUT2D eigenvalue weighted by Gasteiger charge is 2.32.